The standard InChI is InChI=1S/C8H10N2OS/c1-7(11)12-5-3-8-2-4-9-6-10-8/h2,4,6H,3,5H2,1H3. The zero-order valence-electron chi connectivity index (χ0n) is 6.86. The van der Waals surface area contributed by atoms with Crippen LogP contribution in [-0.4, -0.2) is 20.8 Å². The van der Waals surface area contributed by atoms with Crippen LogP contribution in [0.3, 0.4) is 0 Å². The Morgan fingerprint density at radius 2 is 2.50 bits per heavy atom. The van der Waals surface area contributed by atoms with E-state index in [1.807, 2.05) is 6.07 Å². The van der Waals surface area contributed by atoms with Crippen molar-refractivity contribution in [1.82, 2.24) is 9.97 Å². The van der Waals surface area contributed by atoms with E-state index in [1.54, 1.807) is 13.1 Å². The van der Waals surface area contributed by atoms with Crippen LogP contribution >= 0.6 is 11.8 Å². The molecule has 1 aromatic rings. The maximum atomic E-state index is 10.6. The van der Waals surface area contributed by atoms with Gasteiger partial charge in [0.2, 0.25) is 0 Å². The van der Waals surface area contributed by atoms with E-state index >= 15 is 0 Å². The molecule has 64 valence electrons. The van der Waals surface area contributed by atoms with E-state index in [2.05, 4.69) is 9.97 Å². The monoisotopic (exact) mass is 182 g/mol. The number of thioether (sulfide) groups is 1. The Morgan fingerprint density at radius 3 is 3.08 bits per heavy atom. The van der Waals surface area contributed by atoms with Gasteiger partial charge < -0.3 is 0 Å². The Hall–Kier alpha value is -0.900. The van der Waals surface area contributed by atoms with Crippen LogP contribution in [0.2, 0.25) is 0 Å². The molecule has 0 amide bonds. The second-order valence-electron chi connectivity index (χ2n) is 2.29. The van der Waals surface area contributed by atoms with Crippen molar-refractivity contribution in [3.05, 3.63) is 24.3 Å². The predicted molar refractivity (Wildman–Crippen MR) is 48.9 cm³/mol. The molecule has 0 radical (unpaired) electrons. The van der Waals surface area contributed by atoms with Gasteiger partial charge in [0.25, 0.3) is 0 Å². The van der Waals surface area contributed by atoms with Gasteiger partial charge in [-0.3, -0.25) is 4.79 Å². The lowest BCUT2D eigenvalue weighted by Crippen LogP contribution is -1.94. The summed E-state index contributed by atoms with van der Waals surface area (Å²) >= 11 is 1.33. The summed E-state index contributed by atoms with van der Waals surface area (Å²) in [6.45, 7) is 1.57. The Morgan fingerprint density at radius 1 is 1.67 bits per heavy atom. The van der Waals surface area contributed by atoms with Gasteiger partial charge in [0.1, 0.15) is 6.33 Å². The first kappa shape index (κ1) is 9.19. The number of aryl methyl sites for hydroxylation is 1. The van der Waals surface area contributed by atoms with Crippen LogP contribution in [0.5, 0.6) is 0 Å². The third kappa shape index (κ3) is 3.48. The molecule has 0 bridgehead atoms. The minimum absolute atomic E-state index is 0.157. The van der Waals surface area contributed by atoms with Crippen molar-refractivity contribution in [2.75, 3.05) is 5.75 Å². The molecule has 0 aromatic carbocycles. The van der Waals surface area contributed by atoms with Crippen molar-refractivity contribution in [2.45, 2.75) is 13.3 Å². The van der Waals surface area contributed by atoms with Crippen molar-refractivity contribution in [3.8, 4) is 0 Å². The van der Waals surface area contributed by atoms with Crippen molar-refractivity contribution in [3.63, 3.8) is 0 Å². The molecule has 12 heavy (non-hydrogen) atoms. The number of carbonyl (C=O) groups excluding carboxylic acids is 1. The molecule has 0 atom stereocenters. The van der Waals surface area contributed by atoms with Crippen LogP contribution in [-0.2, 0) is 11.2 Å². The summed E-state index contributed by atoms with van der Waals surface area (Å²) in [5.74, 6) is 0.798. The summed E-state index contributed by atoms with van der Waals surface area (Å²) < 4.78 is 0. The molecule has 0 fully saturated rings. The molecule has 1 aromatic heterocycles. The van der Waals surface area contributed by atoms with Gasteiger partial charge in [-0.15, -0.1) is 0 Å². The van der Waals surface area contributed by atoms with E-state index in [0.29, 0.717) is 0 Å². The molecule has 0 aliphatic carbocycles. The van der Waals surface area contributed by atoms with Crippen molar-refractivity contribution in [2.24, 2.45) is 0 Å². The molecule has 1 rings (SSSR count). The fraction of sp³-hybridized carbons (Fsp3) is 0.375. The van der Waals surface area contributed by atoms with Gasteiger partial charge >= 0.3 is 0 Å². The van der Waals surface area contributed by atoms with E-state index in [-0.39, 0.29) is 5.12 Å². The van der Waals surface area contributed by atoms with Crippen LogP contribution in [0.25, 0.3) is 0 Å². The molecule has 4 heteroatoms. The highest BCUT2D eigenvalue weighted by atomic mass is 32.2. The highest BCUT2D eigenvalue weighted by molar-refractivity contribution is 8.13. The number of hydrogen-bond acceptors (Lipinski definition) is 4. The van der Waals surface area contributed by atoms with Crippen LogP contribution in [0, 0.1) is 0 Å². The van der Waals surface area contributed by atoms with E-state index in [1.165, 1.54) is 18.1 Å². The molecule has 0 aliphatic heterocycles. The highest BCUT2D eigenvalue weighted by Crippen LogP contribution is 2.04. The summed E-state index contributed by atoms with van der Waals surface area (Å²) in [5.41, 5.74) is 0.985. The SMILES string of the molecule is CC(=O)SCCc1ccncn1. The van der Waals surface area contributed by atoms with Crippen LogP contribution in [0.1, 0.15) is 12.6 Å². The van der Waals surface area contributed by atoms with Crippen molar-refractivity contribution in [1.29, 1.82) is 0 Å². The fourth-order valence-corrected chi connectivity index (χ4v) is 1.36. The summed E-state index contributed by atoms with van der Waals surface area (Å²) in [6.07, 6.45) is 4.06. The Labute approximate surface area is 75.6 Å². The molecule has 1 heterocycles. The van der Waals surface area contributed by atoms with Crippen molar-refractivity contribution < 1.29 is 4.79 Å². The first-order valence-electron chi connectivity index (χ1n) is 3.67. The summed E-state index contributed by atoms with van der Waals surface area (Å²) in [5, 5.41) is 0.157. The van der Waals surface area contributed by atoms with Gasteiger partial charge in [0, 0.05) is 24.6 Å². The molecule has 0 unspecified atom stereocenters. The number of hydrogen-bond donors (Lipinski definition) is 0. The zero-order valence-corrected chi connectivity index (χ0v) is 7.67. The Kier molecular flexibility index (Phi) is 3.73. The fourth-order valence-electron chi connectivity index (χ4n) is 0.765. The van der Waals surface area contributed by atoms with Gasteiger partial charge in [-0.1, -0.05) is 11.8 Å². The summed E-state index contributed by atoms with van der Waals surface area (Å²) in [4.78, 5) is 18.4. The van der Waals surface area contributed by atoms with E-state index in [0.717, 1.165) is 17.9 Å². The second-order valence-corrected chi connectivity index (χ2v) is 3.56. The van der Waals surface area contributed by atoms with Gasteiger partial charge in [0.05, 0.1) is 0 Å². The van der Waals surface area contributed by atoms with Crippen LogP contribution < -0.4 is 0 Å². The molecule has 3 nitrogen and oxygen atoms in total. The molecule has 0 saturated carbocycles. The second kappa shape index (κ2) is 4.87. The third-order valence-electron chi connectivity index (χ3n) is 1.31. The smallest absolute Gasteiger partial charge is 0.185 e. The lowest BCUT2D eigenvalue weighted by molar-refractivity contribution is -0.109. The van der Waals surface area contributed by atoms with E-state index in [4.69, 9.17) is 0 Å². The molecule has 0 saturated heterocycles. The zero-order chi connectivity index (χ0) is 8.81. The maximum absolute atomic E-state index is 10.6. The lowest BCUT2D eigenvalue weighted by atomic mass is 10.3. The number of rotatable bonds is 3. The Balaban J connectivity index is 2.29. The number of nitrogens with zero attached hydrogens (tertiary/aromatic N) is 2. The first-order valence-corrected chi connectivity index (χ1v) is 4.66. The number of carbonyl (C=O) groups is 1. The van der Waals surface area contributed by atoms with E-state index < -0.39 is 0 Å². The van der Waals surface area contributed by atoms with Crippen LogP contribution in [0.15, 0.2) is 18.6 Å². The maximum Gasteiger partial charge on any atom is 0.185 e. The van der Waals surface area contributed by atoms with Gasteiger partial charge in [0.15, 0.2) is 5.12 Å². The average Bonchev–Trinajstić information content (AvgIpc) is 2.05. The van der Waals surface area contributed by atoms with Gasteiger partial charge in [-0.05, 0) is 12.5 Å². The largest absolute Gasteiger partial charge is 0.288 e. The summed E-state index contributed by atoms with van der Waals surface area (Å²) in [7, 11) is 0. The molecule has 0 aliphatic rings. The molecule has 0 N–H and O–H groups in total. The van der Waals surface area contributed by atoms with E-state index in [9.17, 15) is 4.79 Å². The molecular formula is C8H10N2OS. The van der Waals surface area contributed by atoms with Gasteiger partial charge in [-0.2, -0.15) is 0 Å². The van der Waals surface area contributed by atoms with Gasteiger partial charge in [-0.25, -0.2) is 9.97 Å². The first-order chi connectivity index (χ1) is 5.79. The highest BCUT2D eigenvalue weighted by Gasteiger charge is 1.96. The van der Waals surface area contributed by atoms with Crippen LogP contribution in [0.4, 0.5) is 0 Å². The average molecular weight is 182 g/mol. The molecule has 0 spiro atoms. The predicted octanol–water partition coefficient (Wildman–Crippen LogP) is 1.30. The minimum Gasteiger partial charge on any atom is -0.288 e. The quantitative estimate of drug-likeness (QED) is 0.706. The minimum atomic E-state index is 0.157. The summed E-state index contributed by atoms with van der Waals surface area (Å²) in [6, 6.07) is 1.86. The molecular weight excluding hydrogens is 172 g/mol. The lowest BCUT2D eigenvalue weighted by Gasteiger charge is -1.96. The third-order valence-corrected chi connectivity index (χ3v) is 2.12. The topological polar surface area (TPSA) is 42.9 Å². The van der Waals surface area contributed by atoms with Crippen molar-refractivity contribution >= 4 is 16.9 Å². The Bertz CT molecular complexity index is 250. The number of aromatic nitrogens is 2. The normalized spacial score (nSPS) is 9.75.